The van der Waals surface area contributed by atoms with Crippen LogP contribution in [-0.4, -0.2) is 29.5 Å². The van der Waals surface area contributed by atoms with E-state index in [1.807, 2.05) is 19.1 Å². The zero-order valence-corrected chi connectivity index (χ0v) is 14.6. The van der Waals surface area contributed by atoms with Crippen LogP contribution in [0.2, 0.25) is 0 Å². The number of nitrogens with one attached hydrogen (secondary N) is 1. The van der Waals surface area contributed by atoms with Crippen molar-refractivity contribution >= 4 is 5.57 Å². The lowest BCUT2D eigenvalue weighted by molar-refractivity contribution is 0.215. The second kappa shape index (κ2) is 6.01. The van der Waals surface area contributed by atoms with Crippen LogP contribution in [0.3, 0.4) is 0 Å². The first-order chi connectivity index (χ1) is 12.5. The Kier molecular flexibility index (Phi) is 3.79. The zero-order chi connectivity index (χ0) is 18.4. The van der Waals surface area contributed by atoms with Gasteiger partial charge in [0.1, 0.15) is 0 Å². The minimum absolute atomic E-state index is 0.170. The summed E-state index contributed by atoms with van der Waals surface area (Å²) in [7, 11) is 3.16. The summed E-state index contributed by atoms with van der Waals surface area (Å²) in [6.45, 7) is 1.91. The van der Waals surface area contributed by atoms with Crippen molar-refractivity contribution in [2.75, 3.05) is 14.2 Å². The van der Waals surface area contributed by atoms with E-state index in [4.69, 9.17) is 14.5 Å². The zero-order valence-electron chi connectivity index (χ0n) is 14.6. The van der Waals surface area contributed by atoms with E-state index < -0.39 is 5.82 Å². The van der Waals surface area contributed by atoms with Gasteiger partial charge in [-0.25, -0.2) is 4.39 Å². The van der Waals surface area contributed by atoms with Crippen LogP contribution in [0.5, 0.6) is 5.75 Å². The number of halogens is 1. The van der Waals surface area contributed by atoms with Gasteiger partial charge in [-0.15, -0.1) is 0 Å². The summed E-state index contributed by atoms with van der Waals surface area (Å²) >= 11 is 0. The van der Waals surface area contributed by atoms with E-state index in [0.717, 1.165) is 16.5 Å². The van der Waals surface area contributed by atoms with Crippen LogP contribution in [-0.2, 0) is 9.47 Å². The Balaban J connectivity index is 1.97. The minimum atomic E-state index is -0.675. The van der Waals surface area contributed by atoms with Gasteiger partial charge in [0.2, 0.25) is 0 Å². The third-order valence-corrected chi connectivity index (χ3v) is 4.80. The summed E-state index contributed by atoms with van der Waals surface area (Å²) in [5.74, 6) is -0.0133. The highest BCUT2D eigenvalue weighted by atomic mass is 19.1. The normalized spacial score (nSPS) is 21.2. The molecule has 2 N–H and O–H groups in total. The number of hydrogen-bond donors (Lipinski definition) is 2. The molecule has 0 spiro atoms. The van der Waals surface area contributed by atoms with Crippen LogP contribution in [0, 0.1) is 18.7 Å². The molecule has 0 saturated carbocycles. The Labute approximate surface area is 149 Å². The van der Waals surface area contributed by atoms with Gasteiger partial charge in [0.15, 0.2) is 28.6 Å². The van der Waals surface area contributed by atoms with Crippen LogP contribution in [0.15, 0.2) is 46.9 Å². The number of rotatable bonds is 3. The lowest BCUT2D eigenvalue weighted by Gasteiger charge is -2.29. The molecule has 2 unspecified atom stereocenters. The Hall–Kier alpha value is -3.09. The first-order valence-electron chi connectivity index (χ1n) is 8.16. The second-order valence-corrected chi connectivity index (χ2v) is 6.25. The molecule has 2 aromatic rings. The second-order valence-electron chi connectivity index (χ2n) is 6.25. The Bertz CT molecular complexity index is 1070. The summed E-state index contributed by atoms with van der Waals surface area (Å²) in [4.78, 5) is 4.75. The van der Waals surface area contributed by atoms with Crippen LogP contribution in [0.1, 0.15) is 17.3 Å². The number of aromatic amines is 1. The van der Waals surface area contributed by atoms with Crippen molar-refractivity contribution in [3.63, 3.8) is 0 Å². The summed E-state index contributed by atoms with van der Waals surface area (Å²) in [6, 6.07) is 3.94. The largest absolute Gasteiger partial charge is 0.505 e. The number of phenols is 1. The van der Waals surface area contributed by atoms with Crippen molar-refractivity contribution < 1.29 is 19.0 Å². The highest BCUT2D eigenvalue weighted by Gasteiger charge is 2.33. The molecular weight excluding hydrogens is 337 g/mol. The van der Waals surface area contributed by atoms with Gasteiger partial charge in [0, 0.05) is 11.1 Å². The SMILES string of the molecule is COC1=CC2=c3c(C)n[nH]c3=NC(c3ccc(O)c(F)c3)C2C=C1OC. The standard InChI is InChI=1S/C19H18FN3O3/c1-9-17-11-7-15(25-2)16(26-3)8-12(11)18(21-19(17)23-22-9)10-4-5-14(24)13(20)6-10/h4-8,12,18,24H,1-3H3,(H,21,23). The highest BCUT2D eigenvalue weighted by molar-refractivity contribution is 5.68. The Morgan fingerprint density at radius 3 is 2.65 bits per heavy atom. The van der Waals surface area contributed by atoms with Gasteiger partial charge in [-0.1, -0.05) is 6.07 Å². The first kappa shape index (κ1) is 16.4. The molecule has 6 nitrogen and oxygen atoms in total. The van der Waals surface area contributed by atoms with Crippen molar-refractivity contribution in [2.24, 2.45) is 10.9 Å². The number of phenolic OH excluding ortho intramolecular Hbond substituents is 1. The fraction of sp³-hybridized carbons (Fsp3) is 0.263. The average Bonchev–Trinajstić information content (AvgIpc) is 3.03. The number of aromatic nitrogens is 2. The van der Waals surface area contributed by atoms with Crippen molar-refractivity contribution in [1.82, 2.24) is 10.2 Å². The van der Waals surface area contributed by atoms with E-state index >= 15 is 0 Å². The third kappa shape index (κ3) is 2.39. The lowest BCUT2D eigenvalue weighted by atomic mass is 9.81. The van der Waals surface area contributed by atoms with Crippen LogP contribution >= 0.6 is 0 Å². The molecule has 1 aliphatic carbocycles. The summed E-state index contributed by atoms with van der Waals surface area (Å²) < 4.78 is 24.8. The van der Waals surface area contributed by atoms with Gasteiger partial charge in [-0.3, -0.25) is 10.1 Å². The first-order valence-corrected chi connectivity index (χ1v) is 8.16. The van der Waals surface area contributed by atoms with Crippen molar-refractivity contribution in [1.29, 1.82) is 0 Å². The fourth-order valence-corrected chi connectivity index (χ4v) is 3.54. The molecule has 0 radical (unpaired) electrons. The summed E-state index contributed by atoms with van der Waals surface area (Å²) in [5.41, 5.74) is 3.12. The smallest absolute Gasteiger partial charge is 0.165 e. The van der Waals surface area contributed by atoms with Gasteiger partial charge in [0.25, 0.3) is 0 Å². The third-order valence-electron chi connectivity index (χ3n) is 4.80. The number of benzene rings is 1. The summed E-state index contributed by atoms with van der Waals surface area (Å²) in [6.07, 6.45) is 3.85. The van der Waals surface area contributed by atoms with Crippen molar-refractivity contribution in [3.8, 4) is 5.75 Å². The predicted molar refractivity (Wildman–Crippen MR) is 92.0 cm³/mol. The maximum Gasteiger partial charge on any atom is 0.165 e. The summed E-state index contributed by atoms with van der Waals surface area (Å²) in [5, 5.41) is 17.6. The quantitative estimate of drug-likeness (QED) is 0.880. The predicted octanol–water partition coefficient (Wildman–Crippen LogP) is 1.78. The number of H-pyrrole nitrogens is 1. The fourth-order valence-electron chi connectivity index (χ4n) is 3.54. The van der Waals surface area contributed by atoms with Crippen LogP contribution < -0.4 is 10.7 Å². The number of methoxy groups -OCH3 is 2. The molecule has 2 aliphatic rings. The van der Waals surface area contributed by atoms with Crippen molar-refractivity contribution in [2.45, 2.75) is 13.0 Å². The molecule has 0 amide bonds. The number of fused-ring (bicyclic) bond motifs is 2. The monoisotopic (exact) mass is 355 g/mol. The number of aryl methyl sites for hydroxylation is 1. The lowest BCUT2D eigenvalue weighted by Crippen LogP contribution is -2.37. The highest BCUT2D eigenvalue weighted by Crippen LogP contribution is 2.40. The Morgan fingerprint density at radius 1 is 1.19 bits per heavy atom. The molecule has 7 heteroatoms. The van der Waals surface area contributed by atoms with E-state index in [9.17, 15) is 9.50 Å². The number of hydrogen-bond acceptors (Lipinski definition) is 5. The molecule has 26 heavy (non-hydrogen) atoms. The van der Waals surface area contributed by atoms with E-state index in [0.29, 0.717) is 22.6 Å². The van der Waals surface area contributed by atoms with Gasteiger partial charge in [-0.05, 0) is 42.3 Å². The molecule has 1 aromatic heterocycles. The van der Waals surface area contributed by atoms with Crippen LogP contribution in [0.4, 0.5) is 4.39 Å². The molecule has 4 rings (SSSR count). The molecule has 0 bridgehead atoms. The number of allylic oxidation sites excluding steroid dienone is 1. The van der Waals surface area contributed by atoms with E-state index in [1.54, 1.807) is 20.3 Å². The number of nitrogens with zero attached hydrogens (tertiary/aromatic N) is 2. The van der Waals surface area contributed by atoms with E-state index in [-0.39, 0.29) is 17.7 Å². The maximum absolute atomic E-state index is 13.9. The molecule has 2 atom stereocenters. The maximum atomic E-state index is 13.9. The molecular formula is C19H18FN3O3. The van der Waals surface area contributed by atoms with Crippen molar-refractivity contribution in [3.05, 3.63) is 69.7 Å². The van der Waals surface area contributed by atoms with Gasteiger partial charge >= 0.3 is 0 Å². The Morgan fingerprint density at radius 2 is 1.96 bits per heavy atom. The van der Waals surface area contributed by atoms with Crippen LogP contribution in [0.25, 0.3) is 5.57 Å². The number of aromatic hydroxyl groups is 1. The molecule has 0 saturated heterocycles. The van der Waals surface area contributed by atoms with Gasteiger partial charge in [0.05, 0.1) is 26.0 Å². The van der Waals surface area contributed by atoms with Gasteiger partial charge < -0.3 is 14.6 Å². The van der Waals surface area contributed by atoms with E-state index in [2.05, 4.69) is 10.2 Å². The molecule has 2 heterocycles. The molecule has 1 aliphatic heterocycles. The number of ether oxygens (including phenoxy) is 2. The van der Waals surface area contributed by atoms with Gasteiger partial charge in [-0.2, -0.15) is 5.10 Å². The average molecular weight is 355 g/mol. The minimum Gasteiger partial charge on any atom is -0.505 e. The molecule has 0 fully saturated rings. The van der Waals surface area contributed by atoms with E-state index in [1.165, 1.54) is 12.1 Å². The molecule has 1 aromatic carbocycles. The molecule has 134 valence electrons. The topological polar surface area (TPSA) is 79.7 Å².